The monoisotopic (exact) mass is 427 g/mol. The van der Waals surface area contributed by atoms with Gasteiger partial charge in [0.15, 0.2) is 5.69 Å². The Morgan fingerprint density at radius 3 is 2.16 bits per heavy atom. The van der Waals surface area contributed by atoms with Crippen molar-refractivity contribution in [2.24, 2.45) is 0 Å². The van der Waals surface area contributed by atoms with Gasteiger partial charge in [-0.2, -0.15) is 5.10 Å². The van der Waals surface area contributed by atoms with E-state index < -0.39 is 0 Å². The number of morpholine rings is 2. The Kier molecular flexibility index (Phi) is 6.20. The summed E-state index contributed by atoms with van der Waals surface area (Å²) in [6.45, 7) is 14.4. The van der Waals surface area contributed by atoms with Crippen molar-refractivity contribution in [1.29, 1.82) is 0 Å². The molecule has 8 heteroatoms. The average molecular weight is 428 g/mol. The van der Waals surface area contributed by atoms with E-state index >= 15 is 0 Å². The summed E-state index contributed by atoms with van der Waals surface area (Å²) in [7, 11) is 0. The van der Waals surface area contributed by atoms with Gasteiger partial charge < -0.3 is 24.6 Å². The van der Waals surface area contributed by atoms with E-state index in [4.69, 9.17) is 9.47 Å². The molecule has 0 bridgehead atoms. The predicted molar refractivity (Wildman–Crippen MR) is 122 cm³/mol. The van der Waals surface area contributed by atoms with Crippen LogP contribution in [0.15, 0.2) is 24.3 Å². The molecular weight excluding hydrogens is 394 g/mol. The molecule has 2 aliphatic rings. The smallest absolute Gasteiger partial charge is 0.276 e. The number of carbonyl (C=O) groups excluding carboxylic acids is 1. The van der Waals surface area contributed by atoms with Crippen molar-refractivity contribution >= 4 is 23.0 Å². The number of hydrogen-bond acceptors (Lipinski definition) is 6. The van der Waals surface area contributed by atoms with Gasteiger partial charge in [0.2, 0.25) is 0 Å². The number of carbonyl (C=O) groups is 1. The van der Waals surface area contributed by atoms with Crippen molar-refractivity contribution in [3.8, 4) is 0 Å². The molecule has 3 heterocycles. The molecule has 2 aromatic rings. The van der Waals surface area contributed by atoms with E-state index in [1.54, 1.807) is 0 Å². The molecule has 1 amide bonds. The molecule has 8 nitrogen and oxygen atoms in total. The molecule has 4 rings (SSSR count). The second-order valence-electron chi connectivity index (χ2n) is 9.11. The number of aromatic nitrogens is 2. The molecule has 2 saturated heterocycles. The maximum Gasteiger partial charge on any atom is 0.276 e. The zero-order valence-electron chi connectivity index (χ0n) is 19.0. The summed E-state index contributed by atoms with van der Waals surface area (Å²) in [5.74, 6) is -0.195. The van der Waals surface area contributed by atoms with Gasteiger partial charge in [0.05, 0.1) is 43.3 Å². The molecule has 2 aliphatic heterocycles. The van der Waals surface area contributed by atoms with E-state index in [1.807, 2.05) is 23.7 Å². The lowest BCUT2D eigenvalue weighted by atomic mass is 10.1. The number of ether oxygens (including phenoxy) is 2. The number of benzene rings is 1. The second-order valence-corrected chi connectivity index (χ2v) is 9.11. The van der Waals surface area contributed by atoms with Crippen molar-refractivity contribution in [2.75, 3.05) is 67.7 Å². The molecule has 2 fully saturated rings. The Morgan fingerprint density at radius 1 is 0.968 bits per heavy atom. The Morgan fingerprint density at radius 2 is 1.58 bits per heavy atom. The number of hydrogen-bond donors (Lipinski definition) is 1. The van der Waals surface area contributed by atoms with E-state index in [-0.39, 0.29) is 11.4 Å². The lowest BCUT2D eigenvalue weighted by Crippen LogP contribution is -2.38. The predicted octanol–water partition coefficient (Wildman–Crippen LogP) is 2.87. The molecule has 168 valence electrons. The summed E-state index contributed by atoms with van der Waals surface area (Å²) in [6, 6.07) is 8.09. The van der Waals surface area contributed by atoms with Gasteiger partial charge in [-0.3, -0.25) is 9.48 Å². The van der Waals surface area contributed by atoms with E-state index in [2.05, 4.69) is 53.1 Å². The highest BCUT2D eigenvalue weighted by molar-refractivity contribution is 6.05. The first-order valence-corrected chi connectivity index (χ1v) is 11.0. The third-order valence-electron chi connectivity index (χ3n) is 5.71. The van der Waals surface area contributed by atoms with Gasteiger partial charge in [0, 0.05) is 37.6 Å². The molecule has 0 saturated carbocycles. The lowest BCUT2D eigenvalue weighted by Gasteiger charge is -2.33. The summed E-state index contributed by atoms with van der Waals surface area (Å²) in [4.78, 5) is 17.7. The number of nitrogens with zero attached hydrogens (tertiary/aromatic N) is 4. The molecule has 31 heavy (non-hydrogen) atoms. The van der Waals surface area contributed by atoms with Gasteiger partial charge >= 0.3 is 0 Å². The van der Waals surface area contributed by atoms with Gasteiger partial charge in [-0.25, -0.2) is 0 Å². The van der Waals surface area contributed by atoms with Crippen LogP contribution in [0.4, 0.5) is 17.1 Å². The first-order chi connectivity index (χ1) is 14.8. The summed E-state index contributed by atoms with van der Waals surface area (Å²) in [6.07, 6.45) is 0. The van der Waals surface area contributed by atoms with Crippen molar-refractivity contribution in [1.82, 2.24) is 9.78 Å². The van der Waals surface area contributed by atoms with Crippen LogP contribution >= 0.6 is 0 Å². The highest BCUT2D eigenvalue weighted by atomic mass is 16.5. The summed E-state index contributed by atoms with van der Waals surface area (Å²) >= 11 is 0. The van der Waals surface area contributed by atoms with Crippen molar-refractivity contribution in [3.63, 3.8) is 0 Å². The van der Waals surface area contributed by atoms with Crippen molar-refractivity contribution < 1.29 is 14.3 Å². The fourth-order valence-corrected chi connectivity index (χ4v) is 4.16. The number of amides is 1. The molecular formula is C23H33N5O3. The SMILES string of the molecule is Cc1cc(C(=O)Nc2ccc(N3CCOCC3)cc2N2CCOCC2)nn1C(C)(C)C. The maximum atomic E-state index is 13.1. The summed E-state index contributed by atoms with van der Waals surface area (Å²) in [5, 5.41) is 7.67. The standard InChI is InChI=1S/C23H33N5O3/c1-17-15-20(25-28(17)23(2,3)4)22(29)24-19-6-5-18(26-7-11-30-12-8-26)16-21(19)27-9-13-31-14-10-27/h5-6,15-16H,7-14H2,1-4H3,(H,24,29). The third-order valence-corrected chi connectivity index (χ3v) is 5.71. The van der Waals surface area contributed by atoms with Crippen LogP contribution in [0, 0.1) is 6.92 Å². The first kappa shape index (κ1) is 21.6. The summed E-state index contributed by atoms with van der Waals surface area (Å²) < 4.78 is 12.9. The quantitative estimate of drug-likeness (QED) is 0.809. The van der Waals surface area contributed by atoms with Crippen LogP contribution in [0.1, 0.15) is 37.0 Å². The van der Waals surface area contributed by atoms with Crippen molar-refractivity contribution in [2.45, 2.75) is 33.2 Å². The topological polar surface area (TPSA) is 71.9 Å². The van der Waals surface area contributed by atoms with Crippen LogP contribution in [0.2, 0.25) is 0 Å². The van der Waals surface area contributed by atoms with E-state index in [1.165, 1.54) is 0 Å². The van der Waals surface area contributed by atoms with E-state index in [0.29, 0.717) is 18.9 Å². The van der Waals surface area contributed by atoms with Crippen LogP contribution in [-0.2, 0) is 15.0 Å². The molecule has 1 N–H and O–H groups in total. The average Bonchev–Trinajstić information content (AvgIpc) is 3.18. The molecule has 0 radical (unpaired) electrons. The van der Waals surface area contributed by atoms with Crippen LogP contribution in [0.25, 0.3) is 0 Å². The Labute approximate surface area is 184 Å². The lowest BCUT2D eigenvalue weighted by molar-refractivity contribution is 0.102. The molecule has 0 unspecified atom stereocenters. The number of nitrogens with one attached hydrogen (secondary N) is 1. The van der Waals surface area contributed by atoms with Crippen LogP contribution in [0.5, 0.6) is 0 Å². The second kappa shape index (κ2) is 8.88. The van der Waals surface area contributed by atoms with Gasteiger partial charge in [0.25, 0.3) is 5.91 Å². The van der Waals surface area contributed by atoms with E-state index in [0.717, 1.165) is 62.1 Å². The Hall–Kier alpha value is -2.58. The van der Waals surface area contributed by atoms with Crippen molar-refractivity contribution in [3.05, 3.63) is 35.7 Å². The zero-order valence-corrected chi connectivity index (χ0v) is 19.0. The molecule has 1 aromatic carbocycles. The zero-order chi connectivity index (χ0) is 22.0. The highest BCUT2D eigenvalue weighted by Crippen LogP contribution is 2.32. The summed E-state index contributed by atoms with van der Waals surface area (Å²) in [5.41, 5.74) is 4.18. The Bertz CT molecular complexity index is 922. The van der Waals surface area contributed by atoms with Crippen LogP contribution in [0.3, 0.4) is 0 Å². The molecule has 0 aliphatic carbocycles. The Balaban J connectivity index is 1.61. The third kappa shape index (κ3) is 4.85. The van der Waals surface area contributed by atoms with Gasteiger partial charge in [0.1, 0.15) is 0 Å². The van der Waals surface area contributed by atoms with Gasteiger partial charge in [-0.1, -0.05) is 0 Å². The fourth-order valence-electron chi connectivity index (χ4n) is 4.16. The van der Waals surface area contributed by atoms with Gasteiger partial charge in [-0.15, -0.1) is 0 Å². The fraction of sp³-hybridized carbons (Fsp3) is 0.565. The number of anilines is 3. The number of aryl methyl sites for hydroxylation is 1. The highest BCUT2D eigenvalue weighted by Gasteiger charge is 2.23. The number of rotatable bonds is 4. The molecule has 0 atom stereocenters. The maximum absolute atomic E-state index is 13.1. The minimum absolute atomic E-state index is 0.179. The first-order valence-electron chi connectivity index (χ1n) is 11.0. The van der Waals surface area contributed by atoms with Crippen LogP contribution in [-0.4, -0.2) is 68.3 Å². The largest absolute Gasteiger partial charge is 0.378 e. The minimum atomic E-state index is -0.195. The molecule has 0 spiro atoms. The van der Waals surface area contributed by atoms with Crippen LogP contribution < -0.4 is 15.1 Å². The normalized spacial score (nSPS) is 17.7. The van der Waals surface area contributed by atoms with E-state index in [9.17, 15) is 4.79 Å². The minimum Gasteiger partial charge on any atom is -0.378 e. The molecule has 1 aromatic heterocycles. The van der Waals surface area contributed by atoms with Gasteiger partial charge in [-0.05, 0) is 52.0 Å².